The van der Waals surface area contributed by atoms with Gasteiger partial charge in [0, 0.05) is 19.1 Å². The summed E-state index contributed by atoms with van der Waals surface area (Å²) in [5.41, 5.74) is 0. The zero-order valence-electron chi connectivity index (χ0n) is 9.10. The Bertz CT molecular complexity index is 283. The number of hydrogen-bond donors (Lipinski definition) is 2. The minimum Gasteiger partial charge on any atom is -0.353 e. The van der Waals surface area contributed by atoms with Crippen LogP contribution >= 0.6 is 0 Å². The van der Waals surface area contributed by atoms with E-state index < -0.39 is 0 Å². The molecule has 1 aromatic rings. The fourth-order valence-electron chi connectivity index (χ4n) is 1.08. The molecular weight excluding hydrogens is 194 g/mol. The zero-order chi connectivity index (χ0) is 11.1. The summed E-state index contributed by atoms with van der Waals surface area (Å²) in [5, 5.41) is 9.84. The lowest BCUT2D eigenvalue weighted by atomic mass is 10.4. The fourth-order valence-corrected chi connectivity index (χ4v) is 1.08. The molecule has 0 radical (unpaired) electrons. The van der Waals surface area contributed by atoms with Crippen LogP contribution < -0.4 is 10.6 Å². The smallest absolute Gasteiger partial charge is 0.241 e. The summed E-state index contributed by atoms with van der Waals surface area (Å²) < 4.78 is 1.49. The van der Waals surface area contributed by atoms with E-state index >= 15 is 0 Å². The monoisotopic (exact) mass is 211 g/mol. The molecule has 6 heteroatoms. The summed E-state index contributed by atoms with van der Waals surface area (Å²) in [6.45, 7) is 5.77. The molecule has 15 heavy (non-hydrogen) atoms. The van der Waals surface area contributed by atoms with Crippen LogP contribution in [0.3, 0.4) is 0 Å². The van der Waals surface area contributed by atoms with Gasteiger partial charge in [-0.25, -0.2) is 9.67 Å². The van der Waals surface area contributed by atoms with Crippen LogP contribution in [-0.4, -0.2) is 39.8 Å². The van der Waals surface area contributed by atoms with E-state index in [1.54, 1.807) is 0 Å². The quantitative estimate of drug-likeness (QED) is 0.616. The lowest BCUT2D eigenvalue weighted by Crippen LogP contribution is -2.36. The number of rotatable bonds is 6. The third-order valence-corrected chi connectivity index (χ3v) is 1.77. The number of nitrogens with one attached hydrogen (secondary N) is 2. The molecule has 0 aliphatic heterocycles. The van der Waals surface area contributed by atoms with Crippen LogP contribution in [-0.2, 0) is 11.3 Å². The number of nitrogens with zero attached hydrogens (tertiary/aromatic N) is 3. The number of carbonyl (C=O) groups excluding carboxylic acids is 1. The minimum absolute atomic E-state index is 0.0499. The van der Waals surface area contributed by atoms with Crippen LogP contribution in [0.4, 0.5) is 0 Å². The number of carbonyl (C=O) groups is 1. The first-order valence-electron chi connectivity index (χ1n) is 5.01. The molecule has 0 saturated heterocycles. The van der Waals surface area contributed by atoms with Gasteiger partial charge in [-0.2, -0.15) is 5.10 Å². The number of hydrogen-bond acceptors (Lipinski definition) is 4. The van der Waals surface area contributed by atoms with E-state index in [2.05, 4.69) is 34.6 Å². The van der Waals surface area contributed by atoms with Crippen molar-refractivity contribution >= 4 is 5.91 Å². The first kappa shape index (κ1) is 11.6. The molecular formula is C9H17N5O. The second kappa shape index (κ2) is 6.13. The maximum Gasteiger partial charge on any atom is 0.241 e. The van der Waals surface area contributed by atoms with Crippen molar-refractivity contribution < 1.29 is 4.79 Å². The highest BCUT2D eigenvalue weighted by Gasteiger charge is 2.01. The maximum atomic E-state index is 11.3. The molecule has 0 aliphatic carbocycles. The highest BCUT2D eigenvalue weighted by atomic mass is 16.2. The van der Waals surface area contributed by atoms with E-state index in [1.807, 2.05) is 0 Å². The molecule has 0 spiro atoms. The van der Waals surface area contributed by atoms with E-state index in [9.17, 15) is 4.79 Å². The largest absolute Gasteiger partial charge is 0.353 e. The van der Waals surface area contributed by atoms with E-state index in [4.69, 9.17) is 0 Å². The Kier molecular flexibility index (Phi) is 4.76. The maximum absolute atomic E-state index is 11.3. The molecule has 0 fully saturated rings. The average molecular weight is 211 g/mol. The van der Waals surface area contributed by atoms with Gasteiger partial charge in [0.15, 0.2) is 0 Å². The van der Waals surface area contributed by atoms with Gasteiger partial charge in [-0.15, -0.1) is 0 Å². The SMILES string of the molecule is CC(C)NCCNC(=O)Cn1cncn1. The Morgan fingerprint density at radius 2 is 2.27 bits per heavy atom. The average Bonchev–Trinajstić information content (AvgIpc) is 2.64. The van der Waals surface area contributed by atoms with Crippen molar-refractivity contribution in [1.29, 1.82) is 0 Å². The summed E-state index contributed by atoms with van der Waals surface area (Å²) in [6.07, 6.45) is 2.93. The van der Waals surface area contributed by atoms with Gasteiger partial charge in [0.1, 0.15) is 19.2 Å². The molecule has 0 saturated carbocycles. The van der Waals surface area contributed by atoms with Gasteiger partial charge in [-0.1, -0.05) is 13.8 Å². The van der Waals surface area contributed by atoms with Crippen molar-refractivity contribution in [3.8, 4) is 0 Å². The van der Waals surface area contributed by atoms with Gasteiger partial charge in [0.25, 0.3) is 0 Å². The van der Waals surface area contributed by atoms with Gasteiger partial charge in [0.2, 0.25) is 5.91 Å². The van der Waals surface area contributed by atoms with Gasteiger partial charge >= 0.3 is 0 Å². The van der Waals surface area contributed by atoms with E-state index in [0.717, 1.165) is 6.54 Å². The van der Waals surface area contributed by atoms with Crippen molar-refractivity contribution in [1.82, 2.24) is 25.4 Å². The van der Waals surface area contributed by atoms with Crippen molar-refractivity contribution in [3.05, 3.63) is 12.7 Å². The Hall–Kier alpha value is -1.43. The predicted molar refractivity (Wildman–Crippen MR) is 56.2 cm³/mol. The first-order valence-corrected chi connectivity index (χ1v) is 5.01. The standard InChI is InChI=1S/C9H17N5O/c1-8(2)11-3-4-12-9(15)5-14-7-10-6-13-14/h6-8,11H,3-5H2,1-2H3,(H,12,15). The Labute approximate surface area is 89.1 Å². The van der Waals surface area contributed by atoms with Gasteiger partial charge < -0.3 is 10.6 Å². The lowest BCUT2D eigenvalue weighted by Gasteiger charge is -2.08. The van der Waals surface area contributed by atoms with Crippen molar-refractivity contribution in [2.24, 2.45) is 0 Å². The van der Waals surface area contributed by atoms with Crippen LogP contribution in [0.25, 0.3) is 0 Å². The molecule has 0 atom stereocenters. The number of amides is 1. The van der Waals surface area contributed by atoms with E-state index in [-0.39, 0.29) is 12.5 Å². The Morgan fingerprint density at radius 3 is 2.87 bits per heavy atom. The Morgan fingerprint density at radius 1 is 1.47 bits per heavy atom. The summed E-state index contributed by atoms with van der Waals surface area (Å²) >= 11 is 0. The van der Waals surface area contributed by atoms with E-state index in [1.165, 1.54) is 17.3 Å². The molecule has 1 rings (SSSR count). The third-order valence-electron chi connectivity index (χ3n) is 1.77. The van der Waals surface area contributed by atoms with Crippen LogP contribution in [0.15, 0.2) is 12.7 Å². The van der Waals surface area contributed by atoms with Crippen LogP contribution in [0, 0.1) is 0 Å². The van der Waals surface area contributed by atoms with Crippen LogP contribution in [0.5, 0.6) is 0 Å². The Balaban J connectivity index is 2.09. The fraction of sp³-hybridized carbons (Fsp3) is 0.667. The summed E-state index contributed by atoms with van der Waals surface area (Å²) in [7, 11) is 0. The molecule has 1 aromatic heterocycles. The molecule has 1 amide bonds. The van der Waals surface area contributed by atoms with Crippen molar-refractivity contribution in [2.75, 3.05) is 13.1 Å². The third kappa shape index (κ3) is 5.11. The van der Waals surface area contributed by atoms with Crippen molar-refractivity contribution in [3.63, 3.8) is 0 Å². The second-order valence-electron chi connectivity index (χ2n) is 3.55. The lowest BCUT2D eigenvalue weighted by molar-refractivity contribution is -0.121. The molecule has 0 unspecified atom stereocenters. The summed E-state index contributed by atoms with van der Waals surface area (Å²) in [4.78, 5) is 15.1. The molecule has 0 bridgehead atoms. The highest BCUT2D eigenvalue weighted by molar-refractivity contribution is 5.75. The van der Waals surface area contributed by atoms with Crippen LogP contribution in [0.2, 0.25) is 0 Å². The summed E-state index contributed by atoms with van der Waals surface area (Å²) in [5.74, 6) is -0.0499. The molecule has 6 nitrogen and oxygen atoms in total. The van der Waals surface area contributed by atoms with Gasteiger partial charge in [-0.05, 0) is 0 Å². The topological polar surface area (TPSA) is 71.8 Å². The van der Waals surface area contributed by atoms with Gasteiger partial charge in [-0.3, -0.25) is 4.79 Å². The van der Waals surface area contributed by atoms with E-state index in [0.29, 0.717) is 12.6 Å². The molecule has 0 aliphatic rings. The zero-order valence-corrected chi connectivity index (χ0v) is 9.10. The molecule has 84 valence electrons. The highest BCUT2D eigenvalue weighted by Crippen LogP contribution is 1.80. The summed E-state index contributed by atoms with van der Waals surface area (Å²) in [6, 6.07) is 0.442. The molecule has 0 aromatic carbocycles. The predicted octanol–water partition coefficient (Wildman–Crippen LogP) is -0.608. The minimum atomic E-state index is -0.0499. The first-order chi connectivity index (χ1) is 7.18. The molecule has 1 heterocycles. The normalized spacial score (nSPS) is 10.6. The van der Waals surface area contributed by atoms with Crippen LogP contribution in [0.1, 0.15) is 13.8 Å². The second-order valence-corrected chi connectivity index (χ2v) is 3.55. The molecule has 2 N–H and O–H groups in total. The number of aromatic nitrogens is 3. The van der Waals surface area contributed by atoms with Gasteiger partial charge in [0.05, 0.1) is 0 Å². The van der Waals surface area contributed by atoms with Crippen molar-refractivity contribution in [2.45, 2.75) is 26.4 Å².